The van der Waals surface area contributed by atoms with Gasteiger partial charge in [0.25, 0.3) is 0 Å². The number of aromatic nitrogens is 4. The molecule has 1 aliphatic rings. The Morgan fingerprint density at radius 2 is 2.30 bits per heavy atom. The first-order valence-electron chi connectivity index (χ1n) is 5.69. The fourth-order valence-corrected chi connectivity index (χ4v) is 2.34. The first-order chi connectivity index (χ1) is 9.47. The second-order valence-corrected chi connectivity index (χ2v) is 4.69. The highest BCUT2D eigenvalue weighted by atomic mass is 35.5. The van der Waals surface area contributed by atoms with Crippen LogP contribution in [0.4, 0.5) is 5.82 Å². The number of anilines is 1. The van der Waals surface area contributed by atoms with Crippen molar-refractivity contribution in [3.63, 3.8) is 0 Å². The van der Waals surface area contributed by atoms with Gasteiger partial charge in [0.15, 0.2) is 17.6 Å². The van der Waals surface area contributed by atoms with Crippen LogP contribution in [0, 0.1) is 0 Å². The minimum Gasteiger partial charge on any atom is -0.479 e. The average molecular weight is 300 g/mol. The molecule has 3 heterocycles. The largest absolute Gasteiger partial charge is 0.479 e. The Morgan fingerprint density at radius 3 is 2.95 bits per heavy atom. The molecule has 0 unspecified atom stereocenters. The molecule has 1 fully saturated rings. The van der Waals surface area contributed by atoms with Gasteiger partial charge in [-0.3, -0.25) is 4.57 Å². The lowest BCUT2D eigenvalue weighted by molar-refractivity contribution is -0.155. The van der Waals surface area contributed by atoms with Crippen LogP contribution in [-0.4, -0.2) is 47.9 Å². The molecule has 0 bridgehead atoms. The maximum Gasteiger partial charge on any atom is 0.335 e. The minimum atomic E-state index is -1.29. The summed E-state index contributed by atoms with van der Waals surface area (Å²) in [5.41, 5.74) is 6.34. The average Bonchev–Trinajstić information content (AvgIpc) is 2.92. The summed E-state index contributed by atoms with van der Waals surface area (Å²) in [7, 11) is 0. The molecule has 1 aliphatic heterocycles. The Kier molecular flexibility index (Phi) is 2.96. The van der Waals surface area contributed by atoms with Crippen molar-refractivity contribution in [2.75, 3.05) is 5.73 Å². The summed E-state index contributed by atoms with van der Waals surface area (Å²) in [6.07, 6.45) is -1.60. The van der Waals surface area contributed by atoms with Crippen LogP contribution in [-0.2, 0) is 9.53 Å². The van der Waals surface area contributed by atoms with E-state index in [2.05, 4.69) is 15.0 Å². The lowest BCUT2D eigenvalue weighted by atomic mass is 10.2. The molecule has 0 aliphatic carbocycles. The second-order valence-electron chi connectivity index (χ2n) is 4.35. The molecular weight excluding hydrogens is 290 g/mol. The summed E-state index contributed by atoms with van der Waals surface area (Å²) in [5.74, 6) is -1.11. The summed E-state index contributed by atoms with van der Waals surface area (Å²) in [6, 6.07) is 0. The van der Waals surface area contributed by atoms with Gasteiger partial charge in [-0.2, -0.15) is 9.97 Å². The number of nitrogens with zero attached hydrogens (tertiary/aromatic N) is 4. The van der Waals surface area contributed by atoms with Crippen molar-refractivity contribution >= 4 is 34.6 Å². The predicted molar refractivity (Wildman–Crippen MR) is 66.9 cm³/mol. The number of ether oxygens (including phenoxy) is 1. The number of rotatable bonds is 2. The third-order valence-electron chi connectivity index (χ3n) is 3.07. The highest BCUT2D eigenvalue weighted by molar-refractivity contribution is 6.28. The van der Waals surface area contributed by atoms with E-state index in [-0.39, 0.29) is 17.5 Å². The molecule has 10 heteroatoms. The third kappa shape index (κ3) is 1.96. The molecule has 106 valence electrons. The molecule has 0 saturated carbocycles. The normalized spacial score (nSPS) is 26.2. The van der Waals surface area contributed by atoms with Gasteiger partial charge in [-0.15, -0.1) is 0 Å². The number of hydrogen-bond donors (Lipinski definition) is 3. The van der Waals surface area contributed by atoms with Crippen LogP contribution in [0.25, 0.3) is 11.2 Å². The van der Waals surface area contributed by atoms with Crippen LogP contribution in [0.2, 0.25) is 5.28 Å². The number of carboxylic acids is 1. The fraction of sp³-hybridized carbons (Fsp3) is 0.400. The molecule has 0 radical (unpaired) electrons. The lowest BCUT2D eigenvalue weighted by Crippen LogP contribution is -2.29. The van der Waals surface area contributed by atoms with Gasteiger partial charge >= 0.3 is 5.97 Å². The van der Waals surface area contributed by atoms with E-state index in [9.17, 15) is 9.90 Å². The van der Waals surface area contributed by atoms with Crippen molar-refractivity contribution in [1.29, 1.82) is 0 Å². The van der Waals surface area contributed by atoms with Gasteiger partial charge in [-0.05, 0) is 11.6 Å². The number of hydrogen-bond acceptors (Lipinski definition) is 7. The van der Waals surface area contributed by atoms with Gasteiger partial charge < -0.3 is 20.7 Å². The Hall–Kier alpha value is -1.97. The van der Waals surface area contributed by atoms with E-state index in [0.717, 1.165) is 0 Å². The summed E-state index contributed by atoms with van der Waals surface area (Å²) in [6.45, 7) is 0. The zero-order chi connectivity index (χ0) is 14.4. The Bertz CT molecular complexity index is 690. The SMILES string of the molecule is Nc1nc(Cl)nc2c1ncn2[C@H]1C[C@H](O)[C@@H](C(=O)O)O1. The van der Waals surface area contributed by atoms with Crippen molar-refractivity contribution in [3.05, 3.63) is 11.6 Å². The summed E-state index contributed by atoms with van der Waals surface area (Å²) in [4.78, 5) is 22.7. The van der Waals surface area contributed by atoms with Gasteiger partial charge in [0, 0.05) is 6.42 Å². The first-order valence-corrected chi connectivity index (χ1v) is 6.07. The van der Waals surface area contributed by atoms with E-state index in [1.807, 2.05) is 0 Å². The highest BCUT2D eigenvalue weighted by Crippen LogP contribution is 2.31. The van der Waals surface area contributed by atoms with Gasteiger partial charge in [0.05, 0.1) is 12.4 Å². The molecule has 2 aromatic heterocycles. The number of fused-ring (bicyclic) bond motifs is 1. The number of aliphatic hydroxyl groups is 1. The van der Waals surface area contributed by atoms with Crippen molar-refractivity contribution in [3.8, 4) is 0 Å². The number of carbonyl (C=O) groups is 1. The number of aliphatic hydroxyl groups excluding tert-OH is 1. The lowest BCUT2D eigenvalue weighted by Gasteiger charge is -2.12. The first kappa shape index (κ1) is 13.0. The summed E-state index contributed by atoms with van der Waals surface area (Å²) < 4.78 is 6.77. The molecule has 0 spiro atoms. The summed E-state index contributed by atoms with van der Waals surface area (Å²) in [5, 5.41) is 18.6. The number of carboxylic acid groups (broad SMARTS) is 1. The Balaban J connectivity index is 2.02. The molecule has 9 nitrogen and oxygen atoms in total. The molecular formula is C10H10ClN5O4. The minimum absolute atomic E-state index is 0.0509. The van der Waals surface area contributed by atoms with Crippen LogP contribution >= 0.6 is 11.6 Å². The zero-order valence-electron chi connectivity index (χ0n) is 9.97. The molecule has 3 rings (SSSR count). The predicted octanol–water partition coefficient (Wildman–Crippen LogP) is -0.205. The molecule has 2 aromatic rings. The van der Waals surface area contributed by atoms with Crippen molar-refractivity contribution in [2.24, 2.45) is 0 Å². The quantitative estimate of drug-likeness (QED) is 0.648. The van der Waals surface area contributed by atoms with Gasteiger partial charge in [0.2, 0.25) is 5.28 Å². The van der Waals surface area contributed by atoms with E-state index < -0.39 is 24.4 Å². The molecule has 0 amide bonds. The number of nitrogen functional groups attached to an aromatic ring is 1. The monoisotopic (exact) mass is 299 g/mol. The van der Waals surface area contributed by atoms with E-state index in [0.29, 0.717) is 11.2 Å². The van der Waals surface area contributed by atoms with Crippen molar-refractivity contribution in [2.45, 2.75) is 24.9 Å². The van der Waals surface area contributed by atoms with Crippen molar-refractivity contribution in [1.82, 2.24) is 19.5 Å². The second kappa shape index (κ2) is 4.54. The highest BCUT2D eigenvalue weighted by Gasteiger charge is 2.40. The van der Waals surface area contributed by atoms with Gasteiger partial charge in [0.1, 0.15) is 11.7 Å². The smallest absolute Gasteiger partial charge is 0.335 e. The molecule has 3 atom stereocenters. The maximum absolute atomic E-state index is 10.9. The van der Waals surface area contributed by atoms with Crippen LogP contribution < -0.4 is 5.73 Å². The van der Waals surface area contributed by atoms with Crippen LogP contribution in [0.3, 0.4) is 0 Å². The van der Waals surface area contributed by atoms with Crippen LogP contribution in [0.15, 0.2) is 6.33 Å². The van der Waals surface area contributed by atoms with E-state index >= 15 is 0 Å². The number of aliphatic carboxylic acids is 1. The molecule has 20 heavy (non-hydrogen) atoms. The number of imidazole rings is 1. The molecule has 1 saturated heterocycles. The van der Waals surface area contributed by atoms with Gasteiger partial charge in [-0.25, -0.2) is 9.78 Å². The van der Waals surface area contributed by atoms with Crippen LogP contribution in [0.5, 0.6) is 0 Å². The maximum atomic E-state index is 10.9. The topological polar surface area (TPSA) is 136 Å². The van der Waals surface area contributed by atoms with E-state index in [1.54, 1.807) is 0 Å². The van der Waals surface area contributed by atoms with E-state index in [1.165, 1.54) is 10.9 Å². The molecule has 4 N–H and O–H groups in total. The van der Waals surface area contributed by atoms with Gasteiger partial charge in [-0.1, -0.05) is 0 Å². The Labute approximate surface area is 117 Å². The number of nitrogens with two attached hydrogens (primary N) is 1. The van der Waals surface area contributed by atoms with Crippen LogP contribution in [0.1, 0.15) is 12.6 Å². The van der Waals surface area contributed by atoms with E-state index in [4.69, 9.17) is 27.2 Å². The van der Waals surface area contributed by atoms with Crippen molar-refractivity contribution < 1.29 is 19.7 Å². The Morgan fingerprint density at radius 1 is 1.55 bits per heavy atom. The third-order valence-corrected chi connectivity index (χ3v) is 3.24. The summed E-state index contributed by atoms with van der Waals surface area (Å²) >= 11 is 5.74. The molecule has 0 aromatic carbocycles. The fourth-order valence-electron chi connectivity index (χ4n) is 2.17. The standard InChI is InChI=1S/C10H10ClN5O4/c11-10-14-7(12)5-8(15-10)16(2-13-5)4-1-3(17)6(20-4)9(18)19/h2-4,6,17H,1H2,(H,18,19)(H2,12,14,15)/t3-,4+,6-/m0/s1. The number of halogens is 1. The zero-order valence-corrected chi connectivity index (χ0v) is 10.7.